The van der Waals surface area contributed by atoms with Crippen molar-refractivity contribution in [2.45, 2.75) is 12.8 Å². The number of para-hydroxylation sites is 1. The maximum Gasteiger partial charge on any atom is 0.189 e. The van der Waals surface area contributed by atoms with E-state index in [1.807, 2.05) is 0 Å². The highest BCUT2D eigenvalue weighted by Crippen LogP contribution is 2.29. The zero-order valence-electron chi connectivity index (χ0n) is 10.4. The van der Waals surface area contributed by atoms with Crippen LogP contribution in [0, 0.1) is 0 Å². The Morgan fingerprint density at radius 3 is 2.83 bits per heavy atom. The molecule has 0 radical (unpaired) electrons. The van der Waals surface area contributed by atoms with Crippen molar-refractivity contribution in [3.8, 4) is 11.5 Å². The summed E-state index contributed by atoms with van der Waals surface area (Å²) in [6, 6.07) is 5.16. The SMILES string of the molecule is COc1cccc(C=O)c1OCOCCCCBr. The topological polar surface area (TPSA) is 44.8 Å². The van der Waals surface area contributed by atoms with Crippen LogP contribution < -0.4 is 9.47 Å². The molecule has 0 aliphatic rings. The van der Waals surface area contributed by atoms with Crippen LogP contribution in [0.4, 0.5) is 0 Å². The lowest BCUT2D eigenvalue weighted by atomic mass is 10.2. The maximum atomic E-state index is 10.9. The molecule has 0 atom stereocenters. The van der Waals surface area contributed by atoms with Crippen LogP contribution >= 0.6 is 15.9 Å². The Bertz CT molecular complexity index is 368. The largest absolute Gasteiger partial charge is 0.493 e. The van der Waals surface area contributed by atoms with Crippen LogP contribution in [-0.4, -0.2) is 32.1 Å². The molecule has 1 aromatic rings. The molecule has 0 bridgehead atoms. The molecule has 18 heavy (non-hydrogen) atoms. The Morgan fingerprint density at radius 1 is 1.33 bits per heavy atom. The fourth-order valence-corrected chi connectivity index (χ4v) is 1.80. The standard InChI is InChI=1S/C13H17BrO4/c1-16-12-6-4-5-11(9-15)13(12)18-10-17-8-3-2-7-14/h4-6,9H,2-3,7-8,10H2,1H3. The van der Waals surface area contributed by atoms with Gasteiger partial charge in [0.05, 0.1) is 19.3 Å². The van der Waals surface area contributed by atoms with E-state index in [2.05, 4.69) is 15.9 Å². The summed E-state index contributed by atoms with van der Waals surface area (Å²) < 4.78 is 15.9. The summed E-state index contributed by atoms with van der Waals surface area (Å²) in [5.74, 6) is 0.958. The van der Waals surface area contributed by atoms with Gasteiger partial charge in [-0.05, 0) is 25.0 Å². The first kappa shape index (κ1) is 15.0. The normalized spacial score (nSPS) is 10.1. The number of ether oxygens (including phenoxy) is 3. The molecule has 5 heteroatoms. The minimum atomic E-state index is 0.115. The Balaban J connectivity index is 2.47. The molecule has 0 heterocycles. The highest BCUT2D eigenvalue weighted by molar-refractivity contribution is 9.09. The van der Waals surface area contributed by atoms with Crippen LogP contribution in [0.15, 0.2) is 18.2 Å². The molecule has 0 N–H and O–H groups in total. The third-order valence-corrected chi connectivity index (χ3v) is 2.88. The predicted molar refractivity (Wildman–Crippen MR) is 72.9 cm³/mol. The van der Waals surface area contributed by atoms with E-state index in [1.54, 1.807) is 18.2 Å². The van der Waals surface area contributed by atoms with Crippen molar-refractivity contribution in [3.05, 3.63) is 23.8 Å². The fraction of sp³-hybridized carbons (Fsp3) is 0.462. The third-order valence-electron chi connectivity index (χ3n) is 2.32. The Hall–Kier alpha value is -1.07. The molecule has 100 valence electrons. The van der Waals surface area contributed by atoms with E-state index >= 15 is 0 Å². The number of carbonyl (C=O) groups is 1. The molecule has 1 rings (SSSR count). The zero-order valence-corrected chi connectivity index (χ0v) is 11.9. The van der Waals surface area contributed by atoms with Gasteiger partial charge in [-0.15, -0.1) is 0 Å². The summed E-state index contributed by atoms with van der Waals surface area (Å²) >= 11 is 3.35. The number of aldehydes is 1. The molecular formula is C13H17BrO4. The van der Waals surface area contributed by atoms with Gasteiger partial charge in [-0.1, -0.05) is 22.0 Å². The molecule has 4 nitrogen and oxygen atoms in total. The van der Waals surface area contributed by atoms with Gasteiger partial charge in [-0.2, -0.15) is 0 Å². The monoisotopic (exact) mass is 316 g/mol. The Morgan fingerprint density at radius 2 is 2.17 bits per heavy atom. The second-order valence-corrected chi connectivity index (χ2v) is 4.36. The van der Waals surface area contributed by atoms with Gasteiger partial charge in [-0.25, -0.2) is 0 Å². The first-order chi connectivity index (χ1) is 8.83. The number of alkyl halides is 1. The number of hydrogen-bond acceptors (Lipinski definition) is 4. The lowest BCUT2D eigenvalue weighted by Gasteiger charge is -2.12. The smallest absolute Gasteiger partial charge is 0.189 e. The number of rotatable bonds is 9. The molecule has 0 saturated carbocycles. The molecule has 1 aromatic carbocycles. The van der Waals surface area contributed by atoms with Crippen LogP contribution in [0.25, 0.3) is 0 Å². The highest BCUT2D eigenvalue weighted by atomic mass is 79.9. The molecule has 0 aliphatic carbocycles. The summed E-state index contributed by atoms with van der Waals surface area (Å²) in [5.41, 5.74) is 0.457. The van der Waals surface area contributed by atoms with E-state index in [0.717, 1.165) is 24.5 Å². The minimum Gasteiger partial charge on any atom is -0.493 e. The molecule has 0 aromatic heterocycles. The lowest BCUT2D eigenvalue weighted by Crippen LogP contribution is -2.06. The number of methoxy groups -OCH3 is 1. The first-order valence-electron chi connectivity index (χ1n) is 5.72. The van der Waals surface area contributed by atoms with Crippen LogP contribution in [0.2, 0.25) is 0 Å². The summed E-state index contributed by atoms with van der Waals surface area (Å²) in [6.07, 6.45) is 2.78. The number of carbonyl (C=O) groups excluding carboxylic acids is 1. The van der Waals surface area contributed by atoms with Crippen molar-refractivity contribution in [1.29, 1.82) is 0 Å². The minimum absolute atomic E-state index is 0.115. The summed E-state index contributed by atoms with van der Waals surface area (Å²) in [7, 11) is 1.54. The predicted octanol–water partition coefficient (Wildman–Crippen LogP) is 3.04. The van der Waals surface area contributed by atoms with Gasteiger partial charge in [0, 0.05) is 5.33 Å². The summed E-state index contributed by atoms with van der Waals surface area (Å²) in [4.78, 5) is 10.9. The molecule has 0 saturated heterocycles. The van der Waals surface area contributed by atoms with Gasteiger partial charge in [-0.3, -0.25) is 4.79 Å². The van der Waals surface area contributed by atoms with Crippen LogP contribution in [-0.2, 0) is 4.74 Å². The summed E-state index contributed by atoms with van der Waals surface area (Å²) in [5, 5.41) is 0.971. The molecular weight excluding hydrogens is 300 g/mol. The van der Waals surface area contributed by atoms with Gasteiger partial charge in [0.1, 0.15) is 0 Å². The first-order valence-corrected chi connectivity index (χ1v) is 6.84. The van der Waals surface area contributed by atoms with E-state index in [0.29, 0.717) is 23.7 Å². The van der Waals surface area contributed by atoms with E-state index in [9.17, 15) is 4.79 Å². The molecule has 0 unspecified atom stereocenters. The number of benzene rings is 1. The lowest BCUT2D eigenvalue weighted by molar-refractivity contribution is 0.0125. The number of unbranched alkanes of at least 4 members (excludes halogenated alkanes) is 1. The van der Waals surface area contributed by atoms with Gasteiger partial charge in [0.2, 0.25) is 0 Å². The van der Waals surface area contributed by atoms with E-state index in [-0.39, 0.29) is 6.79 Å². The van der Waals surface area contributed by atoms with Crippen molar-refractivity contribution in [2.24, 2.45) is 0 Å². The number of halogens is 1. The average Bonchev–Trinajstić information content (AvgIpc) is 2.42. The molecule has 0 spiro atoms. The molecule has 0 fully saturated rings. The molecule has 0 aliphatic heterocycles. The van der Waals surface area contributed by atoms with Gasteiger partial charge < -0.3 is 14.2 Å². The van der Waals surface area contributed by atoms with Crippen molar-refractivity contribution in [2.75, 3.05) is 25.8 Å². The van der Waals surface area contributed by atoms with Gasteiger partial charge in [0.25, 0.3) is 0 Å². The van der Waals surface area contributed by atoms with Crippen molar-refractivity contribution in [1.82, 2.24) is 0 Å². The highest BCUT2D eigenvalue weighted by Gasteiger charge is 2.09. The second-order valence-electron chi connectivity index (χ2n) is 3.56. The number of hydrogen-bond donors (Lipinski definition) is 0. The average molecular weight is 317 g/mol. The van der Waals surface area contributed by atoms with Crippen LogP contribution in [0.3, 0.4) is 0 Å². The third kappa shape index (κ3) is 4.66. The fourth-order valence-electron chi connectivity index (χ4n) is 1.40. The molecule has 0 amide bonds. The maximum absolute atomic E-state index is 10.9. The quantitative estimate of drug-likeness (QED) is 0.304. The van der Waals surface area contributed by atoms with Crippen LogP contribution in [0.1, 0.15) is 23.2 Å². The Kier molecular flexibility index (Phi) is 7.44. The van der Waals surface area contributed by atoms with E-state index in [4.69, 9.17) is 14.2 Å². The van der Waals surface area contributed by atoms with Gasteiger partial charge in [0.15, 0.2) is 24.6 Å². The van der Waals surface area contributed by atoms with Crippen molar-refractivity contribution in [3.63, 3.8) is 0 Å². The zero-order chi connectivity index (χ0) is 13.2. The summed E-state index contributed by atoms with van der Waals surface area (Å²) in [6.45, 7) is 0.751. The Labute approximate surface area is 115 Å². The van der Waals surface area contributed by atoms with Gasteiger partial charge >= 0.3 is 0 Å². The van der Waals surface area contributed by atoms with Crippen molar-refractivity contribution < 1.29 is 19.0 Å². The van der Waals surface area contributed by atoms with Crippen molar-refractivity contribution >= 4 is 22.2 Å². The van der Waals surface area contributed by atoms with Crippen LogP contribution in [0.5, 0.6) is 11.5 Å². The second kappa shape index (κ2) is 8.94. The van der Waals surface area contributed by atoms with E-state index in [1.165, 1.54) is 7.11 Å². The van der Waals surface area contributed by atoms with E-state index < -0.39 is 0 Å².